The highest BCUT2D eigenvalue weighted by Crippen LogP contribution is 2.45. The molecule has 1 heterocycles. The summed E-state index contributed by atoms with van der Waals surface area (Å²) in [6, 6.07) is 14.5. The van der Waals surface area contributed by atoms with Crippen LogP contribution in [0.25, 0.3) is 11.1 Å². The molecule has 1 aliphatic heterocycles. The summed E-state index contributed by atoms with van der Waals surface area (Å²) in [5.74, 6) is -3.18. The van der Waals surface area contributed by atoms with Crippen molar-refractivity contribution in [1.82, 2.24) is 5.32 Å². The molecule has 0 saturated heterocycles. The Morgan fingerprint density at radius 2 is 1.76 bits per heavy atom. The molecule has 34 heavy (non-hydrogen) atoms. The van der Waals surface area contributed by atoms with Crippen LogP contribution in [0.1, 0.15) is 55.3 Å². The van der Waals surface area contributed by atoms with Gasteiger partial charge in [-0.05, 0) is 43.4 Å². The first-order valence-electron chi connectivity index (χ1n) is 11.4. The number of ether oxygens (including phenoxy) is 1. The van der Waals surface area contributed by atoms with E-state index < -0.39 is 17.5 Å². The van der Waals surface area contributed by atoms with Crippen molar-refractivity contribution in [2.45, 2.75) is 45.1 Å². The van der Waals surface area contributed by atoms with E-state index >= 15 is 0 Å². The Balaban J connectivity index is 1.49. The van der Waals surface area contributed by atoms with Crippen LogP contribution < -0.4 is 10.1 Å². The van der Waals surface area contributed by atoms with Gasteiger partial charge in [0.2, 0.25) is 0 Å². The SMILES string of the molecule is CC1=C(C(=O)NC2CCCc3ccccc32)C(C)c2cccc(-c3cc(F)cc(F)c3F)c2O1. The normalized spacial score (nSPS) is 19.2. The number of nitrogens with one attached hydrogen (secondary N) is 1. The molecule has 2 atom stereocenters. The summed E-state index contributed by atoms with van der Waals surface area (Å²) in [4.78, 5) is 13.4. The van der Waals surface area contributed by atoms with Crippen molar-refractivity contribution < 1.29 is 22.7 Å². The van der Waals surface area contributed by atoms with E-state index in [9.17, 15) is 18.0 Å². The molecule has 1 aliphatic carbocycles. The minimum absolute atomic E-state index is 0.0814. The van der Waals surface area contributed by atoms with Gasteiger partial charge in [-0.1, -0.05) is 49.4 Å². The molecule has 3 nitrogen and oxygen atoms in total. The first-order chi connectivity index (χ1) is 16.3. The predicted molar refractivity (Wildman–Crippen MR) is 124 cm³/mol. The van der Waals surface area contributed by atoms with Gasteiger partial charge in [0, 0.05) is 28.7 Å². The molecule has 6 heteroatoms. The maximum Gasteiger partial charge on any atom is 0.251 e. The Kier molecular flexibility index (Phi) is 5.68. The number of benzene rings is 3. The van der Waals surface area contributed by atoms with Gasteiger partial charge in [-0.2, -0.15) is 0 Å². The van der Waals surface area contributed by atoms with E-state index in [0.29, 0.717) is 28.7 Å². The molecule has 0 radical (unpaired) electrons. The lowest BCUT2D eigenvalue weighted by Gasteiger charge is -2.31. The molecule has 3 aromatic rings. The van der Waals surface area contributed by atoms with E-state index in [-0.39, 0.29) is 29.0 Å². The second-order valence-corrected chi connectivity index (χ2v) is 8.88. The van der Waals surface area contributed by atoms with Crippen molar-refractivity contribution >= 4 is 5.91 Å². The van der Waals surface area contributed by atoms with Gasteiger partial charge in [-0.3, -0.25) is 4.79 Å². The first-order valence-corrected chi connectivity index (χ1v) is 11.4. The number of aryl methyl sites for hydroxylation is 1. The second kappa shape index (κ2) is 8.67. The third-order valence-electron chi connectivity index (χ3n) is 6.78. The maximum absolute atomic E-state index is 14.5. The molecular formula is C28H24F3NO2. The minimum Gasteiger partial charge on any atom is -0.461 e. The van der Waals surface area contributed by atoms with Crippen LogP contribution in [0.5, 0.6) is 5.75 Å². The lowest BCUT2D eigenvalue weighted by atomic mass is 9.85. The third kappa shape index (κ3) is 3.77. The van der Waals surface area contributed by atoms with E-state index in [4.69, 9.17) is 4.74 Å². The predicted octanol–water partition coefficient (Wildman–Crippen LogP) is 6.73. The maximum atomic E-state index is 14.5. The van der Waals surface area contributed by atoms with Crippen LogP contribution in [0.3, 0.4) is 0 Å². The molecule has 1 N–H and O–H groups in total. The zero-order valence-corrected chi connectivity index (χ0v) is 18.9. The first kappa shape index (κ1) is 22.3. The van der Waals surface area contributed by atoms with E-state index in [1.54, 1.807) is 25.1 Å². The number of fused-ring (bicyclic) bond motifs is 2. The van der Waals surface area contributed by atoms with Crippen LogP contribution in [0.4, 0.5) is 13.2 Å². The third-order valence-corrected chi connectivity index (χ3v) is 6.78. The number of allylic oxidation sites excluding steroid dienone is 1. The van der Waals surface area contributed by atoms with Gasteiger partial charge in [-0.25, -0.2) is 13.2 Å². The van der Waals surface area contributed by atoms with Crippen molar-refractivity contribution in [2.24, 2.45) is 0 Å². The summed E-state index contributed by atoms with van der Waals surface area (Å²) in [6.45, 7) is 3.56. The molecule has 1 amide bonds. The van der Waals surface area contributed by atoms with Gasteiger partial charge in [0.25, 0.3) is 5.91 Å². The fourth-order valence-corrected chi connectivity index (χ4v) is 5.14. The van der Waals surface area contributed by atoms with Crippen LogP contribution in [-0.2, 0) is 11.2 Å². The number of hydrogen-bond acceptors (Lipinski definition) is 2. The van der Waals surface area contributed by atoms with Crippen LogP contribution in [0.2, 0.25) is 0 Å². The second-order valence-electron chi connectivity index (χ2n) is 8.88. The van der Waals surface area contributed by atoms with E-state index in [2.05, 4.69) is 17.4 Å². The van der Waals surface area contributed by atoms with Crippen LogP contribution in [0.15, 0.2) is 65.9 Å². The van der Waals surface area contributed by atoms with Gasteiger partial charge >= 0.3 is 0 Å². The number of rotatable bonds is 3. The van der Waals surface area contributed by atoms with Crippen LogP contribution in [0, 0.1) is 17.5 Å². The van der Waals surface area contributed by atoms with Crippen LogP contribution in [-0.4, -0.2) is 5.91 Å². The summed E-state index contributed by atoms with van der Waals surface area (Å²) in [7, 11) is 0. The zero-order valence-electron chi connectivity index (χ0n) is 18.9. The molecule has 0 aromatic heterocycles. The smallest absolute Gasteiger partial charge is 0.251 e. The van der Waals surface area contributed by atoms with E-state index in [0.717, 1.165) is 30.9 Å². The molecule has 2 aliphatic rings. The Labute approximate surface area is 196 Å². The van der Waals surface area contributed by atoms with Crippen LogP contribution >= 0.6 is 0 Å². The van der Waals surface area contributed by atoms with Crippen molar-refractivity contribution in [3.05, 3.63) is 100 Å². The number of amides is 1. The Hall–Kier alpha value is -3.54. The summed E-state index contributed by atoms with van der Waals surface area (Å²) >= 11 is 0. The highest BCUT2D eigenvalue weighted by atomic mass is 19.2. The molecule has 0 bridgehead atoms. The largest absolute Gasteiger partial charge is 0.461 e. The molecule has 2 unspecified atom stereocenters. The van der Waals surface area contributed by atoms with E-state index in [1.165, 1.54) is 5.56 Å². The van der Waals surface area contributed by atoms with Gasteiger partial charge in [0.15, 0.2) is 11.6 Å². The van der Waals surface area contributed by atoms with Gasteiger partial charge in [0.1, 0.15) is 17.3 Å². The van der Waals surface area contributed by atoms with Crippen molar-refractivity contribution in [3.8, 4) is 16.9 Å². The molecule has 5 rings (SSSR count). The fraction of sp³-hybridized carbons (Fsp3) is 0.250. The van der Waals surface area contributed by atoms with Crippen molar-refractivity contribution in [1.29, 1.82) is 0 Å². The van der Waals surface area contributed by atoms with Crippen molar-refractivity contribution in [3.63, 3.8) is 0 Å². The monoisotopic (exact) mass is 463 g/mol. The lowest BCUT2D eigenvalue weighted by Crippen LogP contribution is -2.35. The number of hydrogen-bond donors (Lipinski definition) is 1. The average molecular weight is 463 g/mol. The number of para-hydroxylation sites is 1. The number of carbonyl (C=O) groups is 1. The van der Waals surface area contributed by atoms with Gasteiger partial charge < -0.3 is 10.1 Å². The number of carbonyl (C=O) groups excluding carboxylic acids is 1. The molecular weight excluding hydrogens is 439 g/mol. The standard InChI is InChI=1S/C28H24F3NO2/c1-15-19-10-6-11-21(22-13-18(29)14-23(30)26(22)31)27(19)34-16(2)25(15)28(33)32-24-12-5-8-17-7-3-4-9-20(17)24/h3-4,6-7,9-11,13-15,24H,5,8,12H2,1-2H3,(H,32,33). The minimum atomic E-state index is -1.27. The quantitative estimate of drug-likeness (QED) is 0.437. The van der Waals surface area contributed by atoms with Crippen molar-refractivity contribution in [2.75, 3.05) is 0 Å². The Bertz CT molecular complexity index is 1330. The summed E-state index contributed by atoms with van der Waals surface area (Å²) in [5.41, 5.74) is 3.54. The Morgan fingerprint density at radius 3 is 2.59 bits per heavy atom. The topological polar surface area (TPSA) is 38.3 Å². The molecule has 0 fully saturated rings. The highest BCUT2D eigenvalue weighted by Gasteiger charge is 2.33. The number of halogens is 3. The molecule has 0 spiro atoms. The average Bonchev–Trinajstić information content (AvgIpc) is 2.81. The Morgan fingerprint density at radius 1 is 1.00 bits per heavy atom. The molecule has 174 valence electrons. The molecule has 3 aromatic carbocycles. The summed E-state index contributed by atoms with van der Waals surface area (Å²) in [5, 5.41) is 3.17. The van der Waals surface area contributed by atoms with E-state index in [1.807, 2.05) is 19.1 Å². The summed E-state index contributed by atoms with van der Waals surface area (Å²) < 4.78 is 48.3. The lowest BCUT2D eigenvalue weighted by molar-refractivity contribution is -0.118. The highest BCUT2D eigenvalue weighted by molar-refractivity contribution is 5.96. The van der Waals surface area contributed by atoms with Gasteiger partial charge in [0.05, 0.1) is 11.6 Å². The molecule has 0 saturated carbocycles. The zero-order chi connectivity index (χ0) is 24.0. The summed E-state index contributed by atoms with van der Waals surface area (Å²) in [6.07, 6.45) is 2.85. The fourth-order valence-electron chi connectivity index (χ4n) is 5.14. The van der Waals surface area contributed by atoms with Gasteiger partial charge in [-0.15, -0.1) is 0 Å².